The van der Waals surface area contributed by atoms with E-state index in [1.807, 2.05) is 13.8 Å². The number of hydrogen-bond donors (Lipinski definition) is 1. The molecule has 0 bridgehead atoms. The van der Waals surface area contributed by atoms with Crippen LogP contribution < -0.4 is 5.32 Å². The standard InChI is InChI=1S/C12H18N2O3S/c1-9(18(3)17)8-13-10(2)11-4-6-12(7-5-11)14(15)16/h4-7,9-10,13H,8H2,1-3H3/t9-,10-,18-/m0/s1. The lowest BCUT2D eigenvalue weighted by molar-refractivity contribution is -0.384. The predicted molar refractivity (Wildman–Crippen MR) is 73.0 cm³/mol. The van der Waals surface area contributed by atoms with Crippen molar-refractivity contribution in [2.24, 2.45) is 0 Å². The summed E-state index contributed by atoms with van der Waals surface area (Å²) in [6, 6.07) is 6.55. The fraction of sp³-hybridized carbons (Fsp3) is 0.500. The average molecular weight is 270 g/mol. The Bertz CT molecular complexity index is 433. The van der Waals surface area contributed by atoms with Gasteiger partial charge in [-0.2, -0.15) is 0 Å². The lowest BCUT2D eigenvalue weighted by atomic mass is 10.1. The van der Waals surface area contributed by atoms with Gasteiger partial charge < -0.3 is 5.32 Å². The molecule has 0 heterocycles. The second-order valence-electron chi connectivity index (χ2n) is 4.29. The van der Waals surface area contributed by atoms with Crippen molar-refractivity contribution < 1.29 is 9.13 Å². The van der Waals surface area contributed by atoms with E-state index >= 15 is 0 Å². The zero-order chi connectivity index (χ0) is 13.7. The van der Waals surface area contributed by atoms with Crippen molar-refractivity contribution in [2.75, 3.05) is 12.8 Å². The van der Waals surface area contributed by atoms with Crippen LogP contribution in [-0.4, -0.2) is 27.2 Å². The summed E-state index contributed by atoms with van der Waals surface area (Å²) in [7, 11) is -0.845. The van der Waals surface area contributed by atoms with Gasteiger partial charge in [0.1, 0.15) is 0 Å². The molecule has 1 rings (SSSR count). The van der Waals surface area contributed by atoms with Crippen LogP contribution in [0.4, 0.5) is 5.69 Å². The lowest BCUT2D eigenvalue weighted by Gasteiger charge is -2.16. The normalized spacial score (nSPS) is 15.9. The number of benzene rings is 1. The van der Waals surface area contributed by atoms with Crippen LogP contribution in [0.2, 0.25) is 0 Å². The number of non-ortho nitro benzene ring substituents is 1. The summed E-state index contributed by atoms with van der Waals surface area (Å²) < 4.78 is 11.2. The van der Waals surface area contributed by atoms with Gasteiger partial charge >= 0.3 is 0 Å². The maximum absolute atomic E-state index is 11.2. The molecule has 100 valence electrons. The van der Waals surface area contributed by atoms with Gasteiger partial charge in [0.05, 0.1) is 4.92 Å². The summed E-state index contributed by atoms with van der Waals surface area (Å²) in [5, 5.41) is 13.9. The molecule has 6 heteroatoms. The highest BCUT2D eigenvalue weighted by atomic mass is 32.2. The third kappa shape index (κ3) is 4.19. The van der Waals surface area contributed by atoms with Crippen LogP contribution in [0.3, 0.4) is 0 Å². The fourth-order valence-corrected chi connectivity index (χ4v) is 1.79. The highest BCUT2D eigenvalue weighted by molar-refractivity contribution is 7.84. The van der Waals surface area contributed by atoms with Gasteiger partial charge in [-0.1, -0.05) is 12.1 Å². The molecular formula is C12H18N2O3S. The Balaban J connectivity index is 2.59. The van der Waals surface area contributed by atoms with Crippen molar-refractivity contribution in [1.29, 1.82) is 0 Å². The molecule has 0 unspecified atom stereocenters. The maximum atomic E-state index is 11.2. The van der Waals surface area contributed by atoms with Crippen molar-refractivity contribution >= 4 is 16.5 Å². The van der Waals surface area contributed by atoms with Gasteiger partial charge in [0.2, 0.25) is 0 Å². The highest BCUT2D eigenvalue weighted by Gasteiger charge is 2.11. The molecule has 0 aliphatic heterocycles. The van der Waals surface area contributed by atoms with Gasteiger partial charge in [-0.25, -0.2) is 0 Å². The number of nitrogens with zero attached hydrogens (tertiary/aromatic N) is 1. The molecular weight excluding hydrogens is 252 g/mol. The van der Waals surface area contributed by atoms with Crippen LogP contribution in [0.15, 0.2) is 24.3 Å². The zero-order valence-electron chi connectivity index (χ0n) is 10.8. The molecule has 5 nitrogen and oxygen atoms in total. The third-order valence-electron chi connectivity index (χ3n) is 2.88. The summed E-state index contributed by atoms with van der Waals surface area (Å²) >= 11 is 0. The largest absolute Gasteiger partial charge is 0.309 e. The van der Waals surface area contributed by atoms with E-state index in [0.29, 0.717) is 6.54 Å². The minimum Gasteiger partial charge on any atom is -0.309 e. The average Bonchev–Trinajstić information content (AvgIpc) is 2.35. The Morgan fingerprint density at radius 2 is 1.89 bits per heavy atom. The molecule has 0 fully saturated rings. The summed E-state index contributed by atoms with van der Waals surface area (Å²) in [6.07, 6.45) is 1.68. The van der Waals surface area contributed by atoms with Crippen LogP contribution in [-0.2, 0) is 10.8 Å². The van der Waals surface area contributed by atoms with Crippen LogP contribution in [0.5, 0.6) is 0 Å². The monoisotopic (exact) mass is 270 g/mol. The summed E-state index contributed by atoms with van der Waals surface area (Å²) in [4.78, 5) is 10.1. The molecule has 0 aromatic heterocycles. The highest BCUT2D eigenvalue weighted by Crippen LogP contribution is 2.17. The fourth-order valence-electron chi connectivity index (χ4n) is 1.46. The number of nitro groups is 1. The summed E-state index contributed by atoms with van der Waals surface area (Å²) in [6.45, 7) is 4.55. The van der Waals surface area contributed by atoms with Crippen LogP contribution >= 0.6 is 0 Å². The van der Waals surface area contributed by atoms with Crippen LogP contribution in [0.1, 0.15) is 25.5 Å². The van der Waals surface area contributed by atoms with Gasteiger partial charge in [0, 0.05) is 47.0 Å². The zero-order valence-corrected chi connectivity index (χ0v) is 11.6. The Morgan fingerprint density at radius 1 is 1.33 bits per heavy atom. The van der Waals surface area contributed by atoms with E-state index in [1.165, 1.54) is 12.1 Å². The number of nitrogens with one attached hydrogen (secondary N) is 1. The summed E-state index contributed by atoms with van der Waals surface area (Å²) in [5.41, 5.74) is 1.07. The molecule has 0 spiro atoms. The van der Waals surface area contributed by atoms with E-state index in [2.05, 4.69) is 5.32 Å². The first kappa shape index (κ1) is 14.8. The molecule has 18 heavy (non-hydrogen) atoms. The van der Waals surface area contributed by atoms with Crippen molar-refractivity contribution in [3.63, 3.8) is 0 Å². The minimum absolute atomic E-state index is 0.0804. The van der Waals surface area contributed by atoms with Crippen molar-refractivity contribution in [3.05, 3.63) is 39.9 Å². The van der Waals surface area contributed by atoms with Gasteiger partial charge in [0.15, 0.2) is 0 Å². The van der Waals surface area contributed by atoms with Crippen LogP contribution in [0, 0.1) is 10.1 Å². The van der Waals surface area contributed by atoms with Crippen molar-refractivity contribution in [1.82, 2.24) is 5.32 Å². The Hall–Kier alpha value is -1.27. The first-order chi connectivity index (χ1) is 8.41. The molecule has 0 aliphatic rings. The third-order valence-corrected chi connectivity index (χ3v) is 4.18. The maximum Gasteiger partial charge on any atom is 0.269 e. The quantitative estimate of drug-likeness (QED) is 0.634. The number of hydrogen-bond acceptors (Lipinski definition) is 4. The van der Waals surface area contributed by atoms with E-state index in [4.69, 9.17) is 0 Å². The summed E-state index contributed by atoms with van der Waals surface area (Å²) in [5.74, 6) is 0. The van der Waals surface area contributed by atoms with Crippen LogP contribution in [0.25, 0.3) is 0 Å². The predicted octanol–water partition coefficient (Wildman–Crippen LogP) is 2.01. The second kappa shape index (κ2) is 6.61. The molecule has 0 saturated heterocycles. The van der Waals surface area contributed by atoms with Gasteiger partial charge in [-0.3, -0.25) is 14.3 Å². The van der Waals surface area contributed by atoms with E-state index in [0.717, 1.165) is 5.56 Å². The van der Waals surface area contributed by atoms with Gasteiger partial charge in [-0.05, 0) is 19.4 Å². The Morgan fingerprint density at radius 3 is 2.33 bits per heavy atom. The van der Waals surface area contributed by atoms with Crippen molar-refractivity contribution in [3.8, 4) is 0 Å². The second-order valence-corrected chi connectivity index (χ2v) is 6.09. The first-order valence-electron chi connectivity index (χ1n) is 5.71. The minimum atomic E-state index is -0.845. The van der Waals surface area contributed by atoms with E-state index in [-0.39, 0.29) is 17.0 Å². The lowest BCUT2D eigenvalue weighted by Crippen LogP contribution is -2.29. The van der Waals surface area contributed by atoms with Crippen molar-refractivity contribution in [2.45, 2.75) is 25.1 Å². The first-order valence-corrected chi connectivity index (χ1v) is 7.34. The Labute approximate surface area is 109 Å². The van der Waals surface area contributed by atoms with Gasteiger partial charge in [0.25, 0.3) is 5.69 Å². The molecule has 3 atom stereocenters. The molecule has 1 aromatic rings. The molecule has 0 aliphatic carbocycles. The molecule has 0 radical (unpaired) electrons. The van der Waals surface area contributed by atoms with Gasteiger partial charge in [-0.15, -0.1) is 0 Å². The van der Waals surface area contributed by atoms with E-state index < -0.39 is 15.7 Å². The topological polar surface area (TPSA) is 72.2 Å². The van der Waals surface area contributed by atoms with E-state index in [1.54, 1.807) is 18.4 Å². The molecule has 0 amide bonds. The smallest absolute Gasteiger partial charge is 0.269 e. The number of nitro benzene ring substituents is 1. The molecule has 0 saturated carbocycles. The molecule has 1 aromatic carbocycles. The Kier molecular flexibility index (Phi) is 5.43. The molecule has 1 N–H and O–H groups in total. The SMILES string of the molecule is C[C@H](NC[C@H](C)[S@](C)=O)c1ccc([N+](=O)[O-])cc1. The number of rotatable bonds is 6. The van der Waals surface area contributed by atoms with E-state index in [9.17, 15) is 14.3 Å².